The maximum atomic E-state index is 12.5. The number of carboxylic acid groups (broad SMARTS) is 1. The molecule has 0 aliphatic carbocycles. The van der Waals surface area contributed by atoms with E-state index in [1.165, 1.54) is 10.5 Å². The Morgan fingerprint density at radius 3 is 2.38 bits per heavy atom. The van der Waals surface area contributed by atoms with E-state index in [-0.39, 0.29) is 5.25 Å². The second kappa shape index (κ2) is 6.67. The molecule has 1 aromatic rings. The monoisotopic (exact) mass is 351 g/mol. The number of rotatable bonds is 3. The molecule has 1 aliphatic heterocycles. The summed E-state index contributed by atoms with van der Waals surface area (Å²) in [5, 5.41) is 9.67. The van der Waals surface area contributed by atoms with E-state index in [9.17, 15) is 14.7 Å². The van der Waals surface area contributed by atoms with Gasteiger partial charge in [-0.05, 0) is 53.2 Å². The van der Waals surface area contributed by atoms with Crippen molar-refractivity contribution in [3.63, 3.8) is 0 Å². The average Bonchev–Trinajstić information content (AvgIpc) is 2.78. The minimum absolute atomic E-state index is 0.0151. The topological polar surface area (TPSA) is 66.8 Å². The van der Waals surface area contributed by atoms with Crippen LogP contribution < -0.4 is 0 Å². The first kappa shape index (κ1) is 18.6. The number of amides is 1. The fraction of sp³-hybridized carbons (Fsp3) is 0.556. The van der Waals surface area contributed by atoms with Gasteiger partial charge in [-0.25, -0.2) is 9.59 Å². The Labute approximate surface area is 147 Å². The van der Waals surface area contributed by atoms with Crippen molar-refractivity contribution < 1.29 is 19.4 Å². The van der Waals surface area contributed by atoms with Crippen LogP contribution in [0.3, 0.4) is 0 Å². The average molecular weight is 351 g/mol. The molecule has 24 heavy (non-hydrogen) atoms. The Morgan fingerprint density at radius 2 is 1.88 bits per heavy atom. The molecule has 0 radical (unpaired) electrons. The first-order valence-electron chi connectivity index (χ1n) is 7.98. The number of carbonyl (C=O) groups is 2. The molecule has 1 heterocycles. The zero-order chi connectivity index (χ0) is 18.1. The summed E-state index contributed by atoms with van der Waals surface area (Å²) < 4.78 is 5.40. The third-order valence-corrected chi connectivity index (χ3v) is 5.20. The smallest absolute Gasteiger partial charge is 0.411 e. The van der Waals surface area contributed by atoms with Crippen LogP contribution in [-0.2, 0) is 9.53 Å². The minimum Gasteiger partial charge on any atom is -0.480 e. The highest BCUT2D eigenvalue weighted by Gasteiger charge is 2.51. The SMILES string of the molecule is Cc1ccc(S[C@H]2CN(C(=O)OC(C)(C)C)[C@](C)(C(=O)O)C2)cc1. The number of thioether (sulfide) groups is 1. The van der Waals surface area contributed by atoms with E-state index in [0.29, 0.717) is 13.0 Å². The quantitative estimate of drug-likeness (QED) is 0.893. The second-order valence-corrected chi connectivity index (χ2v) is 8.80. The number of benzene rings is 1. The standard InChI is InChI=1S/C18H25NO4S/c1-12-6-8-13(9-7-12)24-14-10-18(5,15(20)21)19(11-14)16(22)23-17(2,3)4/h6-9,14H,10-11H2,1-5H3,(H,20,21)/t14-,18+/m1/s1. The van der Waals surface area contributed by atoms with E-state index in [1.54, 1.807) is 39.5 Å². The maximum absolute atomic E-state index is 12.5. The number of nitrogens with zero attached hydrogens (tertiary/aromatic N) is 1. The summed E-state index contributed by atoms with van der Waals surface area (Å²) in [6, 6.07) is 8.10. The highest BCUT2D eigenvalue weighted by molar-refractivity contribution is 8.00. The van der Waals surface area contributed by atoms with Crippen LogP contribution in [0.2, 0.25) is 0 Å². The molecule has 1 saturated heterocycles. The lowest BCUT2D eigenvalue weighted by Crippen LogP contribution is -2.52. The molecule has 1 amide bonds. The summed E-state index contributed by atoms with van der Waals surface area (Å²) in [6.45, 7) is 9.30. The van der Waals surface area contributed by atoms with Crippen molar-refractivity contribution >= 4 is 23.8 Å². The van der Waals surface area contributed by atoms with Crippen molar-refractivity contribution in [2.45, 2.75) is 62.3 Å². The zero-order valence-corrected chi connectivity index (χ0v) is 15.6. The van der Waals surface area contributed by atoms with E-state index in [2.05, 4.69) is 0 Å². The summed E-state index contributed by atoms with van der Waals surface area (Å²) in [5.74, 6) is -1.000. The van der Waals surface area contributed by atoms with E-state index < -0.39 is 23.2 Å². The van der Waals surface area contributed by atoms with Gasteiger partial charge in [-0.1, -0.05) is 17.7 Å². The van der Waals surface area contributed by atoms with Crippen LogP contribution in [0.15, 0.2) is 29.2 Å². The van der Waals surface area contributed by atoms with E-state index >= 15 is 0 Å². The number of carboxylic acids is 1. The van der Waals surface area contributed by atoms with Crippen LogP contribution in [0.25, 0.3) is 0 Å². The van der Waals surface area contributed by atoms with Gasteiger partial charge in [-0.15, -0.1) is 11.8 Å². The number of likely N-dealkylation sites (tertiary alicyclic amines) is 1. The summed E-state index contributed by atoms with van der Waals surface area (Å²) in [4.78, 5) is 26.7. The predicted octanol–water partition coefficient (Wildman–Crippen LogP) is 3.94. The maximum Gasteiger partial charge on any atom is 0.411 e. The molecule has 0 spiro atoms. The molecule has 5 nitrogen and oxygen atoms in total. The lowest BCUT2D eigenvalue weighted by Gasteiger charge is -2.32. The van der Waals surface area contributed by atoms with Gasteiger partial charge in [0.15, 0.2) is 0 Å². The van der Waals surface area contributed by atoms with Crippen LogP contribution in [0.4, 0.5) is 4.79 Å². The molecule has 1 aromatic carbocycles. The molecule has 2 rings (SSSR count). The van der Waals surface area contributed by atoms with Gasteiger partial charge in [0.2, 0.25) is 0 Å². The molecular formula is C18H25NO4S. The van der Waals surface area contributed by atoms with Crippen molar-refractivity contribution in [3.05, 3.63) is 29.8 Å². The Morgan fingerprint density at radius 1 is 1.29 bits per heavy atom. The highest BCUT2D eigenvalue weighted by atomic mass is 32.2. The van der Waals surface area contributed by atoms with Gasteiger partial charge in [-0.2, -0.15) is 0 Å². The summed E-state index contributed by atoms with van der Waals surface area (Å²) >= 11 is 1.61. The Kier molecular flexibility index (Phi) is 5.18. The minimum atomic E-state index is -1.25. The molecule has 1 N–H and O–H groups in total. The molecular weight excluding hydrogens is 326 g/mol. The van der Waals surface area contributed by atoms with E-state index in [0.717, 1.165) is 4.90 Å². The van der Waals surface area contributed by atoms with Gasteiger partial charge >= 0.3 is 12.1 Å². The van der Waals surface area contributed by atoms with Crippen molar-refractivity contribution in [3.8, 4) is 0 Å². The van der Waals surface area contributed by atoms with Gasteiger partial charge in [0.05, 0.1) is 0 Å². The number of carbonyl (C=O) groups excluding carboxylic acids is 1. The fourth-order valence-corrected chi connectivity index (χ4v) is 4.02. The zero-order valence-electron chi connectivity index (χ0n) is 14.8. The van der Waals surface area contributed by atoms with Crippen molar-refractivity contribution in [2.24, 2.45) is 0 Å². The van der Waals surface area contributed by atoms with Gasteiger partial charge in [0.1, 0.15) is 11.1 Å². The van der Waals surface area contributed by atoms with Gasteiger partial charge in [-0.3, -0.25) is 4.90 Å². The van der Waals surface area contributed by atoms with Crippen molar-refractivity contribution in [1.82, 2.24) is 4.90 Å². The highest BCUT2D eigenvalue weighted by Crippen LogP contribution is 2.39. The van der Waals surface area contributed by atoms with Crippen LogP contribution in [0, 0.1) is 6.92 Å². The van der Waals surface area contributed by atoms with Crippen molar-refractivity contribution in [2.75, 3.05) is 6.54 Å². The molecule has 0 unspecified atom stereocenters. The lowest BCUT2D eigenvalue weighted by molar-refractivity contribution is -0.148. The summed E-state index contributed by atoms with van der Waals surface area (Å²) in [5.41, 5.74) is -0.722. The van der Waals surface area contributed by atoms with E-state index in [1.807, 2.05) is 31.2 Å². The van der Waals surface area contributed by atoms with Crippen molar-refractivity contribution in [1.29, 1.82) is 0 Å². The first-order valence-corrected chi connectivity index (χ1v) is 8.86. The molecule has 2 atom stereocenters. The van der Waals surface area contributed by atoms with E-state index in [4.69, 9.17) is 4.74 Å². The van der Waals surface area contributed by atoms with Crippen LogP contribution in [-0.4, -0.2) is 45.0 Å². The molecule has 0 aromatic heterocycles. The molecule has 132 valence electrons. The Balaban J connectivity index is 2.16. The molecule has 6 heteroatoms. The number of hydrogen-bond donors (Lipinski definition) is 1. The number of aryl methyl sites for hydroxylation is 1. The number of hydrogen-bond acceptors (Lipinski definition) is 4. The fourth-order valence-electron chi connectivity index (χ4n) is 2.71. The first-order chi connectivity index (χ1) is 11.0. The van der Waals surface area contributed by atoms with Gasteiger partial charge in [0.25, 0.3) is 0 Å². The van der Waals surface area contributed by atoms with Crippen LogP contribution >= 0.6 is 11.8 Å². The van der Waals surface area contributed by atoms with Gasteiger partial charge in [0, 0.05) is 16.7 Å². The Bertz CT molecular complexity index is 623. The van der Waals surface area contributed by atoms with Crippen LogP contribution in [0.1, 0.15) is 39.7 Å². The Hall–Kier alpha value is -1.69. The van der Waals surface area contributed by atoms with Gasteiger partial charge < -0.3 is 9.84 Å². The lowest BCUT2D eigenvalue weighted by atomic mass is 9.99. The summed E-state index contributed by atoms with van der Waals surface area (Å²) in [6.07, 6.45) is -0.181. The van der Waals surface area contributed by atoms with Crippen LogP contribution in [0.5, 0.6) is 0 Å². The number of aliphatic carboxylic acids is 1. The molecule has 1 fully saturated rings. The third-order valence-electron chi connectivity index (χ3n) is 4.01. The normalized spacial score (nSPS) is 24.0. The second-order valence-electron chi connectivity index (χ2n) is 7.43. The third kappa shape index (κ3) is 4.23. The predicted molar refractivity (Wildman–Crippen MR) is 94.4 cm³/mol. The molecule has 1 aliphatic rings. The number of ether oxygens (including phenoxy) is 1. The molecule has 0 saturated carbocycles. The largest absolute Gasteiger partial charge is 0.480 e. The summed E-state index contributed by atoms with van der Waals surface area (Å²) in [7, 11) is 0. The molecule has 0 bridgehead atoms.